The molecule has 1 aliphatic rings. The number of nitrogens with two attached hydrogens (primary N) is 1. The minimum Gasteiger partial charge on any atom is -0.397 e. The summed E-state index contributed by atoms with van der Waals surface area (Å²) in [6.07, 6.45) is 5.05. The van der Waals surface area contributed by atoms with Crippen LogP contribution in [0, 0.1) is 0 Å². The summed E-state index contributed by atoms with van der Waals surface area (Å²) < 4.78 is 0. The highest BCUT2D eigenvalue weighted by Gasteiger charge is 2.30. The number of nitrogens with one attached hydrogen (secondary N) is 1. The number of hydrogen-bond acceptors (Lipinski definition) is 2. The molecule has 2 atom stereocenters. The fourth-order valence-electron chi connectivity index (χ4n) is 2.50. The molecule has 1 amide bonds. The lowest BCUT2D eigenvalue weighted by Crippen LogP contribution is -2.47. The number of rotatable bonds is 1. The number of aromatic nitrogens is 1. The monoisotopic (exact) mass is 221 g/mol. The number of likely N-dealkylation sites (tertiary alicyclic amines) is 1. The van der Waals surface area contributed by atoms with E-state index < -0.39 is 0 Å². The Hall–Kier alpha value is -1.45. The Balaban J connectivity index is 2.19. The van der Waals surface area contributed by atoms with Crippen LogP contribution in [0.15, 0.2) is 12.3 Å². The van der Waals surface area contributed by atoms with Crippen LogP contribution in [-0.4, -0.2) is 27.9 Å². The topological polar surface area (TPSA) is 62.1 Å². The summed E-state index contributed by atoms with van der Waals surface area (Å²) in [5.41, 5.74) is 6.82. The zero-order valence-electron chi connectivity index (χ0n) is 9.86. The van der Waals surface area contributed by atoms with Gasteiger partial charge in [-0.05, 0) is 39.2 Å². The highest BCUT2D eigenvalue weighted by molar-refractivity contribution is 5.93. The minimum absolute atomic E-state index is 0.0661. The van der Waals surface area contributed by atoms with Crippen LogP contribution in [-0.2, 0) is 0 Å². The van der Waals surface area contributed by atoms with Crippen LogP contribution < -0.4 is 5.73 Å². The fraction of sp³-hybridized carbons (Fsp3) is 0.583. The van der Waals surface area contributed by atoms with Crippen molar-refractivity contribution >= 4 is 11.6 Å². The Morgan fingerprint density at radius 3 is 2.56 bits per heavy atom. The van der Waals surface area contributed by atoms with Gasteiger partial charge in [0.2, 0.25) is 0 Å². The number of carbonyl (C=O) groups is 1. The SMILES string of the molecule is CC1CCCC(C)N1C(=O)c1cc(N)c[nH]1. The molecule has 0 aliphatic carbocycles. The molecule has 16 heavy (non-hydrogen) atoms. The van der Waals surface area contributed by atoms with Crippen LogP contribution in [0.2, 0.25) is 0 Å². The second-order valence-electron chi connectivity index (χ2n) is 4.69. The molecule has 3 N–H and O–H groups in total. The smallest absolute Gasteiger partial charge is 0.270 e. The predicted molar refractivity (Wildman–Crippen MR) is 64.1 cm³/mol. The van der Waals surface area contributed by atoms with Gasteiger partial charge >= 0.3 is 0 Å². The number of aromatic amines is 1. The van der Waals surface area contributed by atoms with Crippen molar-refractivity contribution in [2.24, 2.45) is 0 Å². The van der Waals surface area contributed by atoms with Gasteiger partial charge in [0, 0.05) is 24.0 Å². The maximum atomic E-state index is 12.3. The van der Waals surface area contributed by atoms with Crippen molar-refractivity contribution in [1.29, 1.82) is 0 Å². The van der Waals surface area contributed by atoms with Crippen molar-refractivity contribution in [2.75, 3.05) is 5.73 Å². The van der Waals surface area contributed by atoms with Gasteiger partial charge in [-0.25, -0.2) is 0 Å². The number of carbonyl (C=O) groups excluding carboxylic acids is 1. The number of hydrogen-bond donors (Lipinski definition) is 2. The van der Waals surface area contributed by atoms with Gasteiger partial charge in [0.05, 0.1) is 0 Å². The lowest BCUT2D eigenvalue weighted by molar-refractivity contribution is 0.0505. The van der Waals surface area contributed by atoms with Crippen LogP contribution in [0.1, 0.15) is 43.6 Å². The first-order valence-corrected chi connectivity index (χ1v) is 5.86. The van der Waals surface area contributed by atoms with Crippen molar-refractivity contribution in [3.63, 3.8) is 0 Å². The van der Waals surface area contributed by atoms with E-state index >= 15 is 0 Å². The van der Waals surface area contributed by atoms with Crippen molar-refractivity contribution in [2.45, 2.75) is 45.2 Å². The van der Waals surface area contributed by atoms with Crippen LogP contribution in [0.5, 0.6) is 0 Å². The molecule has 2 heterocycles. The zero-order chi connectivity index (χ0) is 11.7. The quantitative estimate of drug-likeness (QED) is 0.762. The van der Waals surface area contributed by atoms with Gasteiger partial charge < -0.3 is 15.6 Å². The van der Waals surface area contributed by atoms with E-state index in [9.17, 15) is 4.79 Å². The van der Waals surface area contributed by atoms with Gasteiger partial charge in [0.1, 0.15) is 5.69 Å². The first kappa shape index (κ1) is 11.0. The molecule has 0 spiro atoms. The summed E-state index contributed by atoms with van der Waals surface area (Å²) in [7, 11) is 0. The van der Waals surface area contributed by atoms with E-state index in [1.807, 2.05) is 4.90 Å². The lowest BCUT2D eigenvalue weighted by Gasteiger charge is -2.38. The Labute approximate surface area is 95.8 Å². The number of H-pyrrole nitrogens is 1. The van der Waals surface area contributed by atoms with Crippen LogP contribution >= 0.6 is 0 Å². The Morgan fingerprint density at radius 2 is 2.06 bits per heavy atom. The second-order valence-corrected chi connectivity index (χ2v) is 4.69. The van der Waals surface area contributed by atoms with E-state index in [2.05, 4.69) is 18.8 Å². The summed E-state index contributed by atoms with van der Waals surface area (Å²) in [4.78, 5) is 17.2. The number of anilines is 1. The molecule has 1 aromatic rings. The molecule has 0 aromatic carbocycles. The van der Waals surface area contributed by atoms with E-state index in [0.29, 0.717) is 23.5 Å². The third-order valence-electron chi connectivity index (χ3n) is 3.36. The Bertz CT molecular complexity index is 375. The number of nitrogens with zero attached hydrogens (tertiary/aromatic N) is 1. The van der Waals surface area contributed by atoms with Crippen molar-refractivity contribution in [1.82, 2.24) is 9.88 Å². The third-order valence-corrected chi connectivity index (χ3v) is 3.36. The predicted octanol–water partition coefficient (Wildman–Crippen LogP) is 2.00. The molecule has 4 heteroatoms. The summed E-state index contributed by atoms with van der Waals surface area (Å²) in [6.45, 7) is 4.22. The molecular formula is C12H19N3O. The van der Waals surface area contributed by atoms with Crippen molar-refractivity contribution in [3.8, 4) is 0 Å². The molecule has 1 aliphatic heterocycles. The number of piperidine rings is 1. The van der Waals surface area contributed by atoms with Crippen LogP contribution in [0.4, 0.5) is 5.69 Å². The first-order valence-electron chi connectivity index (χ1n) is 5.86. The molecule has 2 rings (SSSR count). The molecule has 1 fully saturated rings. The summed E-state index contributed by atoms with van der Waals surface area (Å²) in [5, 5.41) is 0. The van der Waals surface area contributed by atoms with Gasteiger partial charge in [0.15, 0.2) is 0 Å². The summed E-state index contributed by atoms with van der Waals surface area (Å²) in [6, 6.07) is 2.35. The van der Waals surface area contributed by atoms with E-state index in [1.165, 1.54) is 6.42 Å². The van der Waals surface area contributed by atoms with Crippen molar-refractivity contribution in [3.05, 3.63) is 18.0 Å². The van der Waals surface area contributed by atoms with E-state index in [0.717, 1.165) is 12.8 Å². The van der Waals surface area contributed by atoms with E-state index in [1.54, 1.807) is 12.3 Å². The maximum absolute atomic E-state index is 12.3. The largest absolute Gasteiger partial charge is 0.397 e. The maximum Gasteiger partial charge on any atom is 0.270 e. The molecule has 1 aromatic heterocycles. The van der Waals surface area contributed by atoms with Gasteiger partial charge in [-0.1, -0.05) is 0 Å². The highest BCUT2D eigenvalue weighted by Crippen LogP contribution is 2.24. The van der Waals surface area contributed by atoms with E-state index in [-0.39, 0.29) is 5.91 Å². The number of amides is 1. The third kappa shape index (κ3) is 1.92. The van der Waals surface area contributed by atoms with Crippen molar-refractivity contribution < 1.29 is 4.79 Å². The summed E-state index contributed by atoms with van der Waals surface area (Å²) >= 11 is 0. The highest BCUT2D eigenvalue weighted by atomic mass is 16.2. The average molecular weight is 221 g/mol. The van der Waals surface area contributed by atoms with Crippen LogP contribution in [0.3, 0.4) is 0 Å². The minimum atomic E-state index is 0.0661. The summed E-state index contributed by atoms with van der Waals surface area (Å²) in [5.74, 6) is 0.0661. The van der Waals surface area contributed by atoms with Gasteiger partial charge in [0.25, 0.3) is 5.91 Å². The normalized spacial score (nSPS) is 25.8. The molecule has 0 bridgehead atoms. The lowest BCUT2D eigenvalue weighted by atomic mass is 9.97. The van der Waals surface area contributed by atoms with Gasteiger partial charge in [-0.2, -0.15) is 0 Å². The molecule has 1 saturated heterocycles. The fourth-order valence-corrected chi connectivity index (χ4v) is 2.50. The average Bonchev–Trinajstić information content (AvgIpc) is 2.64. The number of nitrogen functional groups attached to an aromatic ring is 1. The second kappa shape index (κ2) is 4.20. The molecule has 88 valence electrons. The molecule has 0 saturated carbocycles. The first-order chi connectivity index (χ1) is 7.59. The van der Waals surface area contributed by atoms with E-state index in [4.69, 9.17) is 5.73 Å². The Kier molecular flexibility index (Phi) is 2.90. The zero-order valence-corrected chi connectivity index (χ0v) is 9.86. The van der Waals surface area contributed by atoms with Gasteiger partial charge in [-0.3, -0.25) is 4.79 Å². The standard InChI is InChI=1S/C12H19N3O/c1-8-4-3-5-9(2)15(8)12(16)11-6-10(13)7-14-11/h6-9,14H,3-5,13H2,1-2H3. The van der Waals surface area contributed by atoms with Crippen LogP contribution in [0.25, 0.3) is 0 Å². The molecule has 0 radical (unpaired) electrons. The molecular weight excluding hydrogens is 202 g/mol. The Morgan fingerprint density at radius 1 is 1.44 bits per heavy atom. The molecule has 2 unspecified atom stereocenters. The van der Waals surface area contributed by atoms with Gasteiger partial charge in [-0.15, -0.1) is 0 Å². The molecule has 4 nitrogen and oxygen atoms in total.